The zero-order valence-corrected chi connectivity index (χ0v) is 6.92. The number of aryl methyl sites for hydroxylation is 1. The average Bonchev–Trinajstić information content (AvgIpc) is 2.04. The number of benzene rings is 1. The lowest BCUT2D eigenvalue weighted by Crippen LogP contribution is -1.86. The van der Waals surface area contributed by atoms with Crippen molar-refractivity contribution in [3.8, 4) is 5.75 Å². The number of hydrogen-bond donors (Lipinski definition) is 0. The summed E-state index contributed by atoms with van der Waals surface area (Å²) in [6.07, 6.45) is 1.80. The summed E-state index contributed by atoms with van der Waals surface area (Å²) in [7, 11) is 1.66. The van der Waals surface area contributed by atoms with Gasteiger partial charge in [-0.25, -0.2) is 0 Å². The van der Waals surface area contributed by atoms with Crippen molar-refractivity contribution in [2.75, 3.05) is 7.11 Å². The standard InChI is InChI=1S/C10H12O/c1-4-9-7-8(2)5-6-10(9)11-3/h4-7H,1H2,2-3H3. The van der Waals surface area contributed by atoms with Crippen LogP contribution in [0.1, 0.15) is 11.1 Å². The molecule has 0 aromatic heterocycles. The predicted octanol–water partition coefficient (Wildman–Crippen LogP) is 2.65. The maximum Gasteiger partial charge on any atom is 0.126 e. The van der Waals surface area contributed by atoms with Crippen LogP contribution in [0.2, 0.25) is 0 Å². The van der Waals surface area contributed by atoms with Gasteiger partial charge in [-0.15, -0.1) is 0 Å². The SMILES string of the molecule is C=Cc1cc(C)ccc1OC. The summed E-state index contributed by atoms with van der Waals surface area (Å²) in [4.78, 5) is 0. The van der Waals surface area contributed by atoms with E-state index in [9.17, 15) is 0 Å². The molecule has 0 unspecified atom stereocenters. The summed E-state index contributed by atoms with van der Waals surface area (Å²) in [5, 5.41) is 0. The second kappa shape index (κ2) is 3.24. The van der Waals surface area contributed by atoms with Crippen LogP contribution in [0.15, 0.2) is 24.8 Å². The van der Waals surface area contributed by atoms with E-state index in [0.29, 0.717) is 0 Å². The lowest BCUT2D eigenvalue weighted by molar-refractivity contribution is 0.414. The van der Waals surface area contributed by atoms with Crippen LogP contribution in [0.4, 0.5) is 0 Å². The minimum Gasteiger partial charge on any atom is -0.496 e. The molecule has 11 heavy (non-hydrogen) atoms. The van der Waals surface area contributed by atoms with Gasteiger partial charge in [0.05, 0.1) is 7.11 Å². The average molecular weight is 148 g/mol. The molecule has 1 aromatic rings. The molecule has 0 amide bonds. The van der Waals surface area contributed by atoms with E-state index < -0.39 is 0 Å². The Balaban J connectivity index is 3.16. The van der Waals surface area contributed by atoms with Crippen LogP contribution in [-0.4, -0.2) is 7.11 Å². The van der Waals surface area contributed by atoms with Crippen LogP contribution < -0.4 is 4.74 Å². The van der Waals surface area contributed by atoms with Crippen LogP contribution in [0.3, 0.4) is 0 Å². The van der Waals surface area contributed by atoms with Crippen molar-refractivity contribution in [1.29, 1.82) is 0 Å². The fraction of sp³-hybridized carbons (Fsp3) is 0.200. The maximum absolute atomic E-state index is 5.12. The molecule has 0 aliphatic heterocycles. The van der Waals surface area contributed by atoms with Crippen LogP contribution >= 0.6 is 0 Å². The normalized spacial score (nSPS) is 9.27. The molecule has 0 saturated carbocycles. The fourth-order valence-electron chi connectivity index (χ4n) is 1.01. The molecule has 0 aliphatic carbocycles. The lowest BCUT2D eigenvalue weighted by atomic mass is 10.1. The van der Waals surface area contributed by atoms with Crippen LogP contribution in [0.5, 0.6) is 5.75 Å². The Bertz CT molecular complexity index is 264. The van der Waals surface area contributed by atoms with Gasteiger partial charge in [0.15, 0.2) is 0 Å². The van der Waals surface area contributed by atoms with Crippen LogP contribution in [-0.2, 0) is 0 Å². The molecular weight excluding hydrogens is 136 g/mol. The van der Waals surface area contributed by atoms with Crippen LogP contribution in [0.25, 0.3) is 6.08 Å². The van der Waals surface area contributed by atoms with Gasteiger partial charge in [-0.05, 0) is 19.1 Å². The zero-order valence-electron chi connectivity index (χ0n) is 6.92. The molecule has 1 rings (SSSR count). The highest BCUT2D eigenvalue weighted by Gasteiger charge is 1.96. The van der Waals surface area contributed by atoms with Crippen molar-refractivity contribution in [3.63, 3.8) is 0 Å². The van der Waals surface area contributed by atoms with E-state index in [0.717, 1.165) is 11.3 Å². The molecule has 0 spiro atoms. The lowest BCUT2D eigenvalue weighted by Gasteiger charge is -2.04. The fourth-order valence-corrected chi connectivity index (χ4v) is 1.01. The van der Waals surface area contributed by atoms with Crippen molar-refractivity contribution >= 4 is 6.08 Å². The quantitative estimate of drug-likeness (QED) is 0.626. The van der Waals surface area contributed by atoms with Crippen molar-refractivity contribution in [2.24, 2.45) is 0 Å². The van der Waals surface area contributed by atoms with E-state index in [-0.39, 0.29) is 0 Å². The van der Waals surface area contributed by atoms with E-state index in [2.05, 4.69) is 6.58 Å². The van der Waals surface area contributed by atoms with Gasteiger partial charge < -0.3 is 4.74 Å². The summed E-state index contributed by atoms with van der Waals surface area (Å²) < 4.78 is 5.12. The Morgan fingerprint density at radius 2 is 2.18 bits per heavy atom. The smallest absolute Gasteiger partial charge is 0.126 e. The topological polar surface area (TPSA) is 9.23 Å². The Kier molecular flexibility index (Phi) is 2.32. The molecule has 1 heteroatoms. The van der Waals surface area contributed by atoms with Crippen LogP contribution in [0, 0.1) is 6.92 Å². The Morgan fingerprint density at radius 3 is 2.73 bits per heavy atom. The third kappa shape index (κ3) is 1.61. The number of rotatable bonds is 2. The summed E-state index contributed by atoms with van der Waals surface area (Å²) in [6, 6.07) is 6.02. The molecule has 0 saturated heterocycles. The van der Waals surface area contributed by atoms with Crippen molar-refractivity contribution < 1.29 is 4.74 Å². The van der Waals surface area contributed by atoms with Gasteiger partial charge >= 0.3 is 0 Å². The molecule has 0 bridgehead atoms. The van der Waals surface area contributed by atoms with Gasteiger partial charge in [0.25, 0.3) is 0 Å². The number of hydrogen-bond acceptors (Lipinski definition) is 1. The largest absolute Gasteiger partial charge is 0.496 e. The van der Waals surface area contributed by atoms with Crippen molar-refractivity contribution in [3.05, 3.63) is 35.9 Å². The molecule has 0 N–H and O–H groups in total. The molecule has 1 nitrogen and oxygen atoms in total. The van der Waals surface area contributed by atoms with E-state index in [1.807, 2.05) is 25.1 Å². The summed E-state index contributed by atoms with van der Waals surface area (Å²) in [5.74, 6) is 0.880. The van der Waals surface area contributed by atoms with E-state index in [1.54, 1.807) is 13.2 Å². The molecule has 0 heterocycles. The second-order valence-electron chi connectivity index (χ2n) is 2.45. The molecule has 1 aromatic carbocycles. The summed E-state index contributed by atoms with van der Waals surface area (Å²) in [6.45, 7) is 5.75. The zero-order chi connectivity index (χ0) is 8.27. The van der Waals surface area contributed by atoms with Gasteiger partial charge in [0, 0.05) is 5.56 Å². The van der Waals surface area contributed by atoms with Gasteiger partial charge in [-0.2, -0.15) is 0 Å². The summed E-state index contributed by atoms with van der Waals surface area (Å²) >= 11 is 0. The Hall–Kier alpha value is -1.24. The monoisotopic (exact) mass is 148 g/mol. The molecule has 0 radical (unpaired) electrons. The highest BCUT2D eigenvalue weighted by Crippen LogP contribution is 2.19. The first kappa shape index (κ1) is 7.86. The Morgan fingerprint density at radius 1 is 1.45 bits per heavy atom. The number of methoxy groups -OCH3 is 1. The Labute approximate surface area is 67.3 Å². The predicted molar refractivity (Wildman–Crippen MR) is 47.8 cm³/mol. The number of ether oxygens (including phenoxy) is 1. The first-order chi connectivity index (χ1) is 5.27. The van der Waals surface area contributed by atoms with Gasteiger partial charge in [-0.1, -0.05) is 24.3 Å². The van der Waals surface area contributed by atoms with E-state index in [1.165, 1.54) is 5.56 Å². The van der Waals surface area contributed by atoms with Gasteiger partial charge in [0.1, 0.15) is 5.75 Å². The first-order valence-electron chi connectivity index (χ1n) is 3.55. The molecule has 58 valence electrons. The minimum atomic E-state index is 0.880. The van der Waals surface area contributed by atoms with E-state index in [4.69, 9.17) is 4.74 Å². The minimum absolute atomic E-state index is 0.880. The molecule has 0 aliphatic rings. The van der Waals surface area contributed by atoms with Gasteiger partial charge in [-0.3, -0.25) is 0 Å². The van der Waals surface area contributed by atoms with E-state index >= 15 is 0 Å². The third-order valence-corrected chi connectivity index (χ3v) is 1.61. The van der Waals surface area contributed by atoms with Gasteiger partial charge in [0.2, 0.25) is 0 Å². The summed E-state index contributed by atoms with van der Waals surface area (Å²) in [5.41, 5.74) is 2.27. The molecule has 0 atom stereocenters. The second-order valence-corrected chi connectivity index (χ2v) is 2.45. The third-order valence-electron chi connectivity index (χ3n) is 1.61. The maximum atomic E-state index is 5.12. The highest BCUT2D eigenvalue weighted by atomic mass is 16.5. The van der Waals surface area contributed by atoms with Crippen molar-refractivity contribution in [2.45, 2.75) is 6.92 Å². The highest BCUT2D eigenvalue weighted by molar-refractivity contribution is 5.56. The first-order valence-corrected chi connectivity index (χ1v) is 3.55. The molecule has 0 fully saturated rings. The molecular formula is C10H12O. The van der Waals surface area contributed by atoms with Crippen molar-refractivity contribution in [1.82, 2.24) is 0 Å².